The Morgan fingerprint density at radius 2 is 2.00 bits per heavy atom. The van der Waals surface area contributed by atoms with E-state index in [1.54, 1.807) is 21.7 Å². The maximum absolute atomic E-state index is 14.0. The highest BCUT2D eigenvalue weighted by atomic mass is 31.2. The van der Waals surface area contributed by atoms with Gasteiger partial charge in [0.25, 0.3) is 0 Å². The molecule has 5 atom stereocenters. The molecule has 8 heteroatoms. The van der Waals surface area contributed by atoms with E-state index < -0.39 is 37.6 Å². The number of hydrogen-bond donors (Lipinski definition) is 1. The Hall–Kier alpha value is 0.0649. The molecule has 1 aliphatic heterocycles. The lowest BCUT2D eigenvalue weighted by atomic mass is 9.94. The van der Waals surface area contributed by atoms with Crippen LogP contribution in [0.25, 0.3) is 0 Å². The van der Waals surface area contributed by atoms with Gasteiger partial charge in [-0.15, -0.1) is 0 Å². The molecule has 1 unspecified atom stereocenters. The van der Waals surface area contributed by atoms with Crippen LogP contribution >= 0.6 is 7.60 Å². The maximum Gasteiger partial charge on any atom is 0.331 e. The Labute approximate surface area is 114 Å². The van der Waals surface area contributed by atoms with E-state index in [0.29, 0.717) is 0 Å². The Morgan fingerprint density at radius 3 is 2.47 bits per heavy atom. The van der Waals surface area contributed by atoms with E-state index in [1.165, 1.54) is 0 Å². The largest absolute Gasteiger partial charge is 0.376 e. The fraction of sp³-hybridized carbons (Fsp3) is 1.00. The lowest BCUT2D eigenvalue weighted by molar-refractivity contribution is -0.0438. The van der Waals surface area contributed by atoms with Gasteiger partial charge in [0, 0.05) is 0 Å². The summed E-state index contributed by atoms with van der Waals surface area (Å²) in [5.74, 6) is 0. The summed E-state index contributed by atoms with van der Waals surface area (Å²) in [6.07, 6.45) is -3.18. The summed E-state index contributed by atoms with van der Waals surface area (Å²) < 4.78 is 41.8. The monoisotopic (exact) mass is 296 g/mol. The van der Waals surface area contributed by atoms with Gasteiger partial charge in [0.05, 0.1) is 24.4 Å². The van der Waals surface area contributed by atoms with Crippen molar-refractivity contribution in [2.75, 3.05) is 6.61 Å². The van der Waals surface area contributed by atoms with Crippen LogP contribution < -0.4 is 0 Å². The predicted molar refractivity (Wildman–Crippen MR) is 73.0 cm³/mol. The number of rotatable bonds is 6. The maximum atomic E-state index is 14.0. The molecule has 5 nitrogen and oxygen atoms in total. The van der Waals surface area contributed by atoms with Gasteiger partial charge in [-0.3, -0.25) is 9.09 Å². The average Bonchev–Trinajstić information content (AvgIpc) is 2.53. The van der Waals surface area contributed by atoms with Crippen LogP contribution in [0, 0.1) is 0 Å². The van der Waals surface area contributed by atoms with Crippen molar-refractivity contribution in [3.05, 3.63) is 0 Å². The first-order valence-corrected chi connectivity index (χ1v) is 8.21. The quantitative estimate of drug-likeness (QED) is 0.587. The predicted octanol–water partition coefficient (Wildman–Crippen LogP) is 1.09. The van der Waals surface area contributed by atoms with Crippen LogP contribution in [-0.4, -0.2) is 55.5 Å². The highest BCUT2D eigenvalue weighted by molar-refractivity contribution is 7.53. The first-order valence-electron chi connectivity index (χ1n) is 6.57. The number of hydrogen-bond acceptors (Lipinski definition) is 4. The minimum Gasteiger partial charge on any atom is -0.376 e. The van der Waals surface area contributed by atoms with Crippen LogP contribution in [-0.2, 0) is 18.6 Å². The van der Waals surface area contributed by atoms with E-state index in [9.17, 15) is 13.8 Å². The molecule has 1 aliphatic rings. The summed E-state index contributed by atoms with van der Waals surface area (Å²) in [5, 5.41) is 0. The summed E-state index contributed by atoms with van der Waals surface area (Å²) in [7, 11) is -2.26. The summed E-state index contributed by atoms with van der Waals surface area (Å²) in [6, 6.07) is -0.669. The Kier molecular flexibility index (Phi) is 6.02. The third-order valence-corrected chi connectivity index (χ3v) is 4.89. The molecule has 0 aromatic carbocycles. The number of alkyl halides is 1. The first-order chi connectivity index (χ1) is 8.65. The van der Waals surface area contributed by atoms with Gasteiger partial charge in [0.2, 0.25) is 0 Å². The molecule has 0 saturated carbocycles. The normalized spacial score (nSPS) is 34.9. The second-order valence-corrected chi connectivity index (χ2v) is 7.81. The van der Waals surface area contributed by atoms with Gasteiger partial charge in [-0.25, -0.2) is 4.39 Å². The van der Waals surface area contributed by atoms with Crippen LogP contribution in [0.3, 0.4) is 0 Å². The van der Waals surface area contributed by atoms with Gasteiger partial charge >= 0.3 is 7.60 Å². The molecule has 1 fully saturated rings. The molecule has 0 radical (unpaired) electrons. The average molecular weight is 296 g/mol. The third-order valence-electron chi connectivity index (χ3n) is 3.04. The van der Waals surface area contributed by atoms with Crippen molar-refractivity contribution >= 4 is 15.4 Å². The lowest BCUT2D eigenvalue weighted by Crippen LogP contribution is -2.35. The number of halogens is 1. The molecule has 1 rings (SSSR count). The second kappa shape index (κ2) is 6.68. The zero-order chi connectivity index (χ0) is 14.8. The van der Waals surface area contributed by atoms with Gasteiger partial charge in [-0.1, -0.05) is 13.8 Å². The van der Waals surface area contributed by atoms with Gasteiger partial charge < -0.3 is 14.4 Å². The molecular weight excluding hydrogens is 273 g/mol. The van der Waals surface area contributed by atoms with E-state index in [0.717, 1.165) is 0 Å². The molecule has 112 valence electrons. The Morgan fingerprint density at radius 1 is 1.42 bits per heavy atom. The fourth-order valence-electron chi connectivity index (χ4n) is 1.74. The minimum absolute atomic E-state index is 0.0238. The minimum atomic E-state index is -3.84. The molecular formula is C11H23BFO5P. The molecule has 0 aliphatic carbocycles. The van der Waals surface area contributed by atoms with Crippen molar-refractivity contribution in [3.63, 3.8) is 0 Å². The molecule has 1 heterocycles. The summed E-state index contributed by atoms with van der Waals surface area (Å²) in [6.45, 7) is 6.98. The lowest BCUT2D eigenvalue weighted by Gasteiger charge is -2.25. The zero-order valence-electron chi connectivity index (χ0n) is 12.1. The SMILES string of the molecule is B[C@@H]1O[C@H](COC(C)C)[C@@H](OP(=O)(O)C(C)C)[C@H]1F. The molecule has 0 aromatic rings. The summed E-state index contributed by atoms with van der Waals surface area (Å²) >= 11 is 0. The first kappa shape index (κ1) is 17.1. The Balaban J connectivity index is 2.72. The van der Waals surface area contributed by atoms with Crippen molar-refractivity contribution in [2.24, 2.45) is 0 Å². The van der Waals surface area contributed by atoms with Crippen LogP contribution in [0.4, 0.5) is 4.39 Å². The molecule has 0 aromatic heterocycles. The van der Waals surface area contributed by atoms with Gasteiger partial charge in [-0.05, 0) is 13.8 Å². The van der Waals surface area contributed by atoms with Crippen LogP contribution in [0.5, 0.6) is 0 Å². The van der Waals surface area contributed by atoms with Crippen molar-refractivity contribution in [1.82, 2.24) is 0 Å². The molecule has 19 heavy (non-hydrogen) atoms. The second-order valence-electron chi connectivity index (χ2n) is 5.43. The van der Waals surface area contributed by atoms with E-state index in [2.05, 4.69) is 0 Å². The van der Waals surface area contributed by atoms with E-state index in [4.69, 9.17) is 14.0 Å². The zero-order valence-corrected chi connectivity index (χ0v) is 13.0. The molecule has 1 N–H and O–H groups in total. The standard InChI is InChI=1S/C11H23BFO5P/c1-6(2)16-5-8-10(9(13)11(12)17-8)18-19(14,15)7(3)4/h6-11H,5,12H2,1-4H3,(H,14,15)/t8-,9-,10-,11-/m1/s1. The third kappa shape index (κ3) is 4.53. The van der Waals surface area contributed by atoms with E-state index in [1.807, 2.05) is 13.8 Å². The molecule has 1 saturated heterocycles. The van der Waals surface area contributed by atoms with Crippen molar-refractivity contribution in [2.45, 2.75) is 63.8 Å². The van der Waals surface area contributed by atoms with Gasteiger partial charge in [0.1, 0.15) is 26.2 Å². The highest BCUT2D eigenvalue weighted by Crippen LogP contribution is 2.50. The van der Waals surface area contributed by atoms with E-state index >= 15 is 0 Å². The number of ether oxygens (including phenoxy) is 2. The fourth-order valence-corrected chi connectivity index (χ4v) is 2.59. The summed E-state index contributed by atoms with van der Waals surface area (Å²) in [4.78, 5) is 9.72. The van der Waals surface area contributed by atoms with Crippen molar-refractivity contribution in [3.8, 4) is 0 Å². The van der Waals surface area contributed by atoms with Crippen LogP contribution in [0.15, 0.2) is 0 Å². The van der Waals surface area contributed by atoms with Gasteiger partial charge in [-0.2, -0.15) is 0 Å². The van der Waals surface area contributed by atoms with Crippen molar-refractivity contribution in [1.29, 1.82) is 0 Å². The molecule has 0 spiro atoms. The summed E-state index contributed by atoms with van der Waals surface area (Å²) in [5.41, 5.74) is -0.581. The van der Waals surface area contributed by atoms with E-state index in [-0.39, 0.29) is 12.7 Å². The smallest absolute Gasteiger partial charge is 0.331 e. The van der Waals surface area contributed by atoms with Crippen LogP contribution in [0.2, 0.25) is 0 Å². The highest BCUT2D eigenvalue weighted by Gasteiger charge is 2.47. The van der Waals surface area contributed by atoms with Crippen LogP contribution in [0.1, 0.15) is 27.7 Å². The van der Waals surface area contributed by atoms with Gasteiger partial charge in [0.15, 0.2) is 0 Å². The Bertz CT molecular complexity index is 341. The molecule has 0 bridgehead atoms. The van der Waals surface area contributed by atoms with Crippen molar-refractivity contribution < 1.29 is 27.8 Å². The molecule has 0 amide bonds. The topological polar surface area (TPSA) is 65.0 Å².